The molecule has 1 aliphatic rings. The van der Waals surface area contributed by atoms with Gasteiger partial charge in [-0.2, -0.15) is 5.10 Å². The molecule has 2 N–H and O–H groups in total. The molecule has 0 saturated heterocycles. The zero-order valence-electron chi connectivity index (χ0n) is 12.5. The van der Waals surface area contributed by atoms with Gasteiger partial charge in [0.25, 0.3) is 0 Å². The van der Waals surface area contributed by atoms with E-state index in [4.69, 9.17) is 0 Å². The van der Waals surface area contributed by atoms with Gasteiger partial charge in [-0.1, -0.05) is 54.6 Å². The molecule has 0 aliphatic carbocycles. The van der Waals surface area contributed by atoms with Gasteiger partial charge in [-0.25, -0.2) is 0 Å². The monoisotopic (exact) mass is 290 g/mol. The summed E-state index contributed by atoms with van der Waals surface area (Å²) in [5.41, 5.74) is 6.69. The van der Waals surface area contributed by atoms with Crippen molar-refractivity contribution in [1.82, 2.24) is 10.2 Å². The van der Waals surface area contributed by atoms with Gasteiger partial charge < -0.3 is 4.90 Å². The first-order chi connectivity index (χ1) is 10.9. The zero-order chi connectivity index (χ0) is 14.8. The van der Waals surface area contributed by atoms with Crippen LogP contribution >= 0.6 is 0 Å². The van der Waals surface area contributed by atoms with Crippen LogP contribution in [0.3, 0.4) is 0 Å². The molecule has 0 amide bonds. The number of fused-ring (bicyclic) bond motifs is 1. The lowest BCUT2D eigenvalue weighted by Gasteiger charge is -2.25. The molecule has 0 bridgehead atoms. The molecule has 0 radical (unpaired) electrons. The van der Waals surface area contributed by atoms with E-state index in [-0.39, 0.29) is 0 Å². The first kappa shape index (κ1) is 13.3. The van der Waals surface area contributed by atoms with E-state index >= 15 is 0 Å². The summed E-state index contributed by atoms with van der Waals surface area (Å²) < 4.78 is 0. The van der Waals surface area contributed by atoms with Gasteiger partial charge >= 0.3 is 0 Å². The molecule has 2 aromatic carbocycles. The molecule has 110 valence electrons. The van der Waals surface area contributed by atoms with Crippen molar-refractivity contribution in [3.05, 3.63) is 77.5 Å². The summed E-state index contributed by atoms with van der Waals surface area (Å²) >= 11 is 0. The topological polar surface area (TPSA) is 33.1 Å². The second-order valence-corrected chi connectivity index (χ2v) is 6.01. The fraction of sp³-hybridized carbons (Fsp3) is 0.211. The maximum atomic E-state index is 4.27. The van der Waals surface area contributed by atoms with Crippen molar-refractivity contribution in [2.45, 2.75) is 19.5 Å². The first-order valence-corrected chi connectivity index (χ1v) is 7.88. The Kier molecular flexibility index (Phi) is 3.49. The Balaban J connectivity index is 1.55. The highest BCUT2D eigenvalue weighted by atomic mass is 15.1. The molecule has 1 atom stereocenters. The van der Waals surface area contributed by atoms with Crippen LogP contribution in [-0.4, -0.2) is 16.7 Å². The summed E-state index contributed by atoms with van der Waals surface area (Å²) in [7, 11) is 0. The zero-order valence-corrected chi connectivity index (χ0v) is 12.5. The van der Waals surface area contributed by atoms with Crippen molar-refractivity contribution >= 4 is 0 Å². The van der Waals surface area contributed by atoms with Gasteiger partial charge in [-0.05, 0) is 5.56 Å². The molecule has 0 spiro atoms. The van der Waals surface area contributed by atoms with E-state index in [1.807, 2.05) is 12.3 Å². The Hall–Kier alpha value is -2.39. The molecule has 22 heavy (non-hydrogen) atoms. The molecule has 1 aromatic heterocycles. The van der Waals surface area contributed by atoms with Gasteiger partial charge in [0.15, 0.2) is 0 Å². The molecule has 1 unspecified atom stereocenters. The van der Waals surface area contributed by atoms with E-state index in [9.17, 15) is 0 Å². The fourth-order valence-electron chi connectivity index (χ4n) is 3.36. The van der Waals surface area contributed by atoms with Gasteiger partial charge in [-0.3, -0.25) is 5.10 Å². The third-order valence-corrected chi connectivity index (χ3v) is 4.53. The second kappa shape index (κ2) is 5.78. The van der Waals surface area contributed by atoms with E-state index in [2.05, 4.69) is 58.7 Å². The lowest BCUT2D eigenvalue weighted by Crippen LogP contribution is -3.10. The van der Waals surface area contributed by atoms with E-state index in [1.54, 1.807) is 4.90 Å². The van der Waals surface area contributed by atoms with Crippen LogP contribution in [0.25, 0.3) is 11.3 Å². The third kappa shape index (κ3) is 2.55. The summed E-state index contributed by atoms with van der Waals surface area (Å²) in [4.78, 5) is 1.61. The van der Waals surface area contributed by atoms with Crippen LogP contribution in [-0.2, 0) is 19.5 Å². The standard InChI is InChI=1S/C19H19N3/c1-2-7-16(8-3-1)19-18(12-20-21-19)14-22-11-10-15-6-4-5-9-17(15)13-22/h1-9,12H,10-11,13-14H2,(H,20,21)/p+1. The minimum Gasteiger partial charge on any atom is -0.327 e. The maximum absolute atomic E-state index is 4.27. The van der Waals surface area contributed by atoms with Crippen LogP contribution in [0.2, 0.25) is 0 Å². The average Bonchev–Trinajstić information content (AvgIpc) is 3.04. The Labute approximate surface area is 130 Å². The highest BCUT2D eigenvalue weighted by molar-refractivity contribution is 5.62. The van der Waals surface area contributed by atoms with Crippen molar-refractivity contribution in [3.63, 3.8) is 0 Å². The van der Waals surface area contributed by atoms with E-state index in [0.717, 1.165) is 18.8 Å². The Bertz CT molecular complexity index is 761. The number of aromatic nitrogens is 2. The van der Waals surface area contributed by atoms with E-state index < -0.39 is 0 Å². The molecule has 0 saturated carbocycles. The number of H-pyrrole nitrogens is 1. The molecule has 4 rings (SSSR count). The van der Waals surface area contributed by atoms with Crippen molar-refractivity contribution < 1.29 is 4.90 Å². The number of benzene rings is 2. The molecule has 0 fully saturated rings. The second-order valence-electron chi connectivity index (χ2n) is 6.01. The molecule has 3 aromatic rings. The lowest BCUT2D eigenvalue weighted by atomic mass is 9.99. The van der Waals surface area contributed by atoms with Gasteiger partial charge in [0.1, 0.15) is 13.1 Å². The average molecular weight is 290 g/mol. The van der Waals surface area contributed by atoms with Crippen LogP contribution in [0.15, 0.2) is 60.8 Å². The van der Waals surface area contributed by atoms with Gasteiger partial charge in [-0.15, -0.1) is 0 Å². The van der Waals surface area contributed by atoms with Crippen molar-refractivity contribution in [2.24, 2.45) is 0 Å². The van der Waals surface area contributed by atoms with Gasteiger partial charge in [0, 0.05) is 17.5 Å². The minimum absolute atomic E-state index is 1.02. The summed E-state index contributed by atoms with van der Waals surface area (Å²) in [5.74, 6) is 0. The number of nitrogens with one attached hydrogen (secondary N) is 2. The number of hydrogen-bond acceptors (Lipinski definition) is 1. The number of rotatable bonds is 3. The Morgan fingerprint density at radius 3 is 2.59 bits per heavy atom. The van der Waals surface area contributed by atoms with Crippen molar-refractivity contribution in [3.8, 4) is 11.3 Å². The molecule has 3 nitrogen and oxygen atoms in total. The smallest absolute Gasteiger partial charge is 0.107 e. The van der Waals surface area contributed by atoms with Crippen LogP contribution in [0.5, 0.6) is 0 Å². The maximum Gasteiger partial charge on any atom is 0.107 e. The molecule has 2 heterocycles. The quantitative estimate of drug-likeness (QED) is 0.762. The van der Waals surface area contributed by atoms with Crippen LogP contribution < -0.4 is 4.90 Å². The third-order valence-electron chi connectivity index (χ3n) is 4.53. The van der Waals surface area contributed by atoms with E-state index in [0.29, 0.717) is 0 Å². The first-order valence-electron chi connectivity index (χ1n) is 7.88. The number of hydrogen-bond donors (Lipinski definition) is 2. The Morgan fingerprint density at radius 2 is 1.73 bits per heavy atom. The summed E-state index contributed by atoms with van der Waals surface area (Å²) in [5, 5.41) is 7.44. The molecular weight excluding hydrogens is 270 g/mol. The lowest BCUT2D eigenvalue weighted by molar-refractivity contribution is -0.929. The predicted molar refractivity (Wildman–Crippen MR) is 87.4 cm³/mol. The predicted octanol–water partition coefficient (Wildman–Crippen LogP) is 2.22. The van der Waals surface area contributed by atoms with Crippen LogP contribution in [0.1, 0.15) is 16.7 Å². The normalized spacial score (nSPS) is 17.2. The molecule has 3 heteroatoms. The highest BCUT2D eigenvalue weighted by Crippen LogP contribution is 2.20. The van der Waals surface area contributed by atoms with Gasteiger partial charge in [0.05, 0.1) is 24.0 Å². The number of quaternary nitrogens is 1. The van der Waals surface area contributed by atoms with E-state index in [1.165, 1.54) is 35.2 Å². The number of nitrogens with zero attached hydrogens (tertiary/aromatic N) is 1. The summed E-state index contributed by atoms with van der Waals surface area (Å²) in [6.45, 7) is 3.32. The summed E-state index contributed by atoms with van der Waals surface area (Å²) in [6, 6.07) is 19.3. The van der Waals surface area contributed by atoms with Crippen molar-refractivity contribution in [2.75, 3.05) is 6.54 Å². The summed E-state index contributed by atoms with van der Waals surface area (Å²) in [6.07, 6.45) is 3.15. The minimum atomic E-state index is 1.02. The van der Waals surface area contributed by atoms with Crippen LogP contribution in [0, 0.1) is 0 Å². The molecular formula is C19H20N3+. The van der Waals surface area contributed by atoms with Crippen LogP contribution in [0.4, 0.5) is 0 Å². The molecule has 1 aliphatic heterocycles. The fourth-order valence-corrected chi connectivity index (χ4v) is 3.36. The largest absolute Gasteiger partial charge is 0.327 e. The number of aromatic amines is 1. The SMILES string of the molecule is c1ccc(-c2[nH]ncc2C[NH+]2CCc3ccccc3C2)cc1. The Morgan fingerprint density at radius 1 is 0.955 bits per heavy atom. The van der Waals surface area contributed by atoms with Gasteiger partial charge in [0.2, 0.25) is 0 Å². The highest BCUT2D eigenvalue weighted by Gasteiger charge is 2.21. The van der Waals surface area contributed by atoms with Crippen molar-refractivity contribution in [1.29, 1.82) is 0 Å².